The molecule has 0 fully saturated rings. The number of ether oxygens (including phenoxy) is 1. The maximum Gasteiger partial charge on any atom is 0.332 e. The number of hydrogen-bond donors (Lipinski definition) is 1. The van der Waals surface area contributed by atoms with Gasteiger partial charge in [0.1, 0.15) is 0 Å². The molecule has 150 valence electrons. The van der Waals surface area contributed by atoms with E-state index < -0.39 is 12.1 Å². The van der Waals surface area contributed by atoms with Crippen molar-refractivity contribution in [1.29, 1.82) is 0 Å². The van der Waals surface area contributed by atoms with E-state index in [-0.39, 0.29) is 0 Å². The predicted octanol–water partition coefficient (Wildman–Crippen LogP) is 5.50. The van der Waals surface area contributed by atoms with Crippen LogP contribution in [0.2, 0.25) is 0 Å². The van der Waals surface area contributed by atoms with E-state index in [9.17, 15) is 9.90 Å². The second-order valence-electron chi connectivity index (χ2n) is 7.53. The Morgan fingerprint density at radius 1 is 0.840 bits per heavy atom. The van der Waals surface area contributed by atoms with Gasteiger partial charge in [0, 0.05) is 6.61 Å². The molecule has 0 heterocycles. The van der Waals surface area contributed by atoms with Gasteiger partial charge in [-0.15, -0.1) is 0 Å². The summed E-state index contributed by atoms with van der Waals surface area (Å²) in [7, 11) is 4.01. The van der Waals surface area contributed by atoms with Crippen LogP contribution in [0.25, 0.3) is 0 Å². The molecule has 0 aliphatic heterocycles. The summed E-state index contributed by atoms with van der Waals surface area (Å²) in [6.45, 7) is 3.75. The molecule has 0 spiro atoms. The molecule has 0 saturated heterocycles. The summed E-state index contributed by atoms with van der Waals surface area (Å²) in [6, 6.07) is 0. The van der Waals surface area contributed by atoms with Crippen molar-refractivity contribution < 1.29 is 14.6 Å². The fourth-order valence-corrected chi connectivity index (χ4v) is 3.04. The number of aliphatic carboxylic acids is 1. The Morgan fingerprint density at radius 3 is 1.76 bits per heavy atom. The summed E-state index contributed by atoms with van der Waals surface area (Å²) in [4.78, 5) is 13.3. The van der Waals surface area contributed by atoms with Crippen molar-refractivity contribution in [2.24, 2.45) is 0 Å². The van der Waals surface area contributed by atoms with Crippen LogP contribution in [0.1, 0.15) is 96.8 Å². The third kappa shape index (κ3) is 18.0. The maximum absolute atomic E-state index is 11.2. The minimum absolute atomic E-state index is 0.580. The van der Waals surface area contributed by atoms with E-state index in [1.54, 1.807) is 0 Å². The predicted molar refractivity (Wildman–Crippen MR) is 106 cm³/mol. The molecule has 25 heavy (non-hydrogen) atoms. The van der Waals surface area contributed by atoms with Gasteiger partial charge in [0.15, 0.2) is 6.10 Å². The molecule has 0 aromatic carbocycles. The van der Waals surface area contributed by atoms with Crippen molar-refractivity contribution in [3.63, 3.8) is 0 Å². The summed E-state index contributed by atoms with van der Waals surface area (Å²) in [5.41, 5.74) is 0. The van der Waals surface area contributed by atoms with E-state index in [0.29, 0.717) is 13.0 Å². The Labute approximate surface area is 156 Å². The first-order valence-corrected chi connectivity index (χ1v) is 10.6. The average molecular weight is 358 g/mol. The lowest BCUT2D eigenvalue weighted by atomic mass is 10.1. The molecule has 0 aromatic rings. The zero-order valence-corrected chi connectivity index (χ0v) is 17.1. The minimum atomic E-state index is -0.822. The molecule has 1 unspecified atom stereocenters. The lowest BCUT2D eigenvalue weighted by Crippen LogP contribution is -2.26. The Bertz CT molecular complexity index is 295. The third-order valence-electron chi connectivity index (χ3n) is 4.66. The van der Waals surface area contributed by atoms with Gasteiger partial charge in [-0.3, -0.25) is 0 Å². The molecule has 0 rings (SSSR count). The Balaban J connectivity index is 3.38. The molecule has 0 bridgehead atoms. The normalized spacial score (nSPS) is 12.6. The first-order valence-electron chi connectivity index (χ1n) is 10.6. The van der Waals surface area contributed by atoms with Gasteiger partial charge in [-0.25, -0.2) is 4.79 Å². The third-order valence-corrected chi connectivity index (χ3v) is 4.66. The van der Waals surface area contributed by atoms with Gasteiger partial charge in [-0.05, 0) is 39.9 Å². The molecule has 0 radical (unpaired) electrons. The highest BCUT2D eigenvalue weighted by Gasteiger charge is 2.17. The number of carbonyl (C=O) groups is 1. The van der Waals surface area contributed by atoms with E-state index >= 15 is 0 Å². The van der Waals surface area contributed by atoms with Crippen molar-refractivity contribution in [3.8, 4) is 0 Å². The van der Waals surface area contributed by atoms with E-state index in [4.69, 9.17) is 4.74 Å². The number of carboxylic acids is 1. The van der Waals surface area contributed by atoms with Crippen LogP contribution in [-0.2, 0) is 9.53 Å². The lowest BCUT2D eigenvalue weighted by Gasteiger charge is -2.15. The van der Waals surface area contributed by atoms with Crippen LogP contribution in [0.4, 0.5) is 0 Å². The van der Waals surface area contributed by atoms with Gasteiger partial charge in [0.05, 0.1) is 0 Å². The quantitative estimate of drug-likeness (QED) is 0.310. The van der Waals surface area contributed by atoms with E-state index in [1.807, 2.05) is 14.1 Å². The SMILES string of the molecule is CCCCCCCCCCCCCCOC(CCCN(C)C)C(=O)O. The molecule has 0 aliphatic rings. The number of carboxylic acid groups (broad SMARTS) is 1. The van der Waals surface area contributed by atoms with Crippen molar-refractivity contribution >= 4 is 5.97 Å². The zero-order valence-electron chi connectivity index (χ0n) is 17.1. The van der Waals surface area contributed by atoms with Crippen molar-refractivity contribution in [2.75, 3.05) is 27.2 Å². The van der Waals surface area contributed by atoms with Crippen LogP contribution in [0.3, 0.4) is 0 Å². The Morgan fingerprint density at radius 2 is 1.32 bits per heavy atom. The van der Waals surface area contributed by atoms with Crippen LogP contribution < -0.4 is 0 Å². The van der Waals surface area contributed by atoms with Crippen LogP contribution in [0, 0.1) is 0 Å². The monoisotopic (exact) mass is 357 g/mol. The van der Waals surface area contributed by atoms with Gasteiger partial charge in [-0.2, -0.15) is 0 Å². The van der Waals surface area contributed by atoms with Gasteiger partial charge < -0.3 is 14.7 Å². The Kier molecular flexibility index (Phi) is 17.7. The molecule has 1 atom stereocenters. The second-order valence-corrected chi connectivity index (χ2v) is 7.53. The highest BCUT2D eigenvalue weighted by atomic mass is 16.5. The largest absolute Gasteiger partial charge is 0.479 e. The van der Waals surface area contributed by atoms with E-state index in [1.165, 1.54) is 64.2 Å². The Hall–Kier alpha value is -0.610. The summed E-state index contributed by atoms with van der Waals surface area (Å²) >= 11 is 0. The summed E-state index contributed by atoms with van der Waals surface area (Å²) < 4.78 is 5.56. The van der Waals surface area contributed by atoms with Gasteiger partial charge in [0.25, 0.3) is 0 Å². The fraction of sp³-hybridized carbons (Fsp3) is 0.952. The highest BCUT2D eigenvalue weighted by Crippen LogP contribution is 2.12. The first-order chi connectivity index (χ1) is 12.1. The molecule has 0 saturated carbocycles. The topological polar surface area (TPSA) is 49.8 Å². The maximum atomic E-state index is 11.2. The number of unbranched alkanes of at least 4 members (excludes halogenated alkanes) is 11. The van der Waals surface area contributed by atoms with Crippen LogP contribution in [0.15, 0.2) is 0 Å². The summed E-state index contributed by atoms with van der Waals surface area (Å²) in [5, 5.41) is 9.19. The van der Waals surface area contributed by atoms with Crippen LogP contribution in [-0.4, -0.2) is 49.3 Å². The smallest absolute Gasteiger partial charge is 0.332 e. The number of rotatable bonds is 19. The van der Waals surface area contributed by atoms with Gasteiger partial charge >= 0.3 is 5.97 Å². The first kappa shape index (κ1) is 24.4. The average Bonchev–Trinajstić information content (AvgIpc) is 2.56. The molecule has 4 heteroatoms. The molecular weight excluding hydrogens is 314 g/mol. The lowest BCUT2D eigenvalue weighted by molar-refractivity contribution is -0.151. The fourth-order valence-electron chi connectivity index (χ4n) is 3.04. The molecule has 1 N–H and O–H groups in total. The zero-order chi connectivity index (χ0) is 18.8. The van der Waals surface area contributed by atoms with Crippen molar-refractivity contribution in [1.82, 2.24) is 4.90 Å². The molecule has 0 aliphatic carbocycles. The molecular formula is C21H43NO3. The van der Waals surface area contributed by atoms with Gasteiger partial charge in [-0.1, -0.05) is 77.6 Å². The minimum Gasteiger partial charge on any atom is -0.479 e. The van der Waals surface area contributed by atoms with Crippen LogP contribution >= 0.6 is 0 Å². The van der Waals surface area contributed by atoms with E-state index in [0.717, 1.165) is 25.8 Å². The highest BCUT2D eigenvalue weighted by molar-refractivity contribution is 5.72. The van der Waals surface area contributed by atoms with E-state index in [2.05, 4.69) is 11.8 Å². The standard InChI is InChI=1S/C21H43NO3/c1-4-5-6-7-8-9-10-11-12-13-14-15-19-25-20(21(23)24)17-16-18-22(2)3/h20H,4-19H2,1-3H3,(H,23,24). The summed E-state index contributed by atoms with van der Waals surface area (Å²) in [6.07, 6.45) is 16.6. The van der Waals surface area contributed by atoms with Crippen LogP contribution in [0.5, 0.6) is 0 Å². The molecule has 0 amide bonds. The molecule has 0 aromatic heterocycles. The van der Waals surface area contributed by atoms with Crippen molar-refractivity contribution in [3.05, 3.63) is 0 Å². The number of hydrogen-bond acceptors (Lipinski definition) is 3. The molecule has 4 nitrogen and oxygen atoms in total. The second kappa shape index (κ2) is 18.2. The summed E-state index contributed by atoms with van der Waals surface area (Å²) in [5.74, 6) is -0.822. The van der Waals surface area contributed by atoms with Crippen molar-refractivity contribution in [2.45, 2.75) is 103 Å². The number of nitrogens with zero attached hydrogens (tertiary/aromatic N) is 1. The van der Waals surface area contributed by atoms with Gasteiger partial charge in [0.2, 0.25) is 0 Å².